The van der Waals surface area contributed by atoms with Crippen molar-refractivity contribution >= 4 is 45.9 Å². The fourth-order valence-electron chi connectivity index (χ4n) is 1.26. The van der Waals surface area contributed by atoms with Gasteiger partial charge in [-0.1, -0.05) is 34.1 Å². The zero-order valence-electron chi connectivity index (χ0n) is 8.72. The third-order valence-corrected chi connectivity index (χ3v) is 4.22. The van der Waals surface area contributed by atoms with E-state index in [0.29, 0.717) is 4.88 Å². The van der Waals surface area contributed by atoms with Crippen LogP contribution >= 0.6 is 39.9 Å². The number of carbonyl (C=O) groups is 1. The third-order valence-electron chi connectivity index (χ3n) is 2.10. The minimum Gasteiger partial charge on any atom is -0.457 e. The van der Waals surface area contributed by atoms with Crippen LogP contribution in [0.25, 0.3) is 0 Å². The van der Waals surface area contributed by atoms with E-state index in [1.807, 2.05) is 24.3 Å². The van der Waals surface area contributed by atoms with Gasteiger partial charge >= 0.3 is 5.97 Å². The molecule has 0 aliphatic rings. The molecule has 5 heteroatoms. The van der Waals surface area contributed by atoms with E-state index in [0.717, 1.165) is 14.9 Å². The Morgan fingerprint density at radius 3 is 2.82 bits per heavy atom. The molecule has 0 radical (unpaired) electrons. The second-order valence-electron chi connectivity index (χ2n) is 3.34. The first-order chi connectivity index (χ1) is 8.16. The molecule has 1 aromatic heterocycles. The monoisotopic (exact) mass is 328 g/mol. The van der Waals surface area contributed by atoms with Gasteiger partial charge in [-0.3, -0.25) is 0 Å². The van der Waals surface area contributed by atoms with Crippen molar-refractivity contribution in [2.75, 3.05) is 0 Å². The summed E-state index contributed by atoms with van der Waals surface area (Å²) in [5.41, 5.74) is 0.948. The molecule has 0 spiro atoms. The lowest BCUT2D eigenvalue weighted by Crippen LogP contribution is -2.03. The van der Waals surface area contributed by atoms with Gasteiger partial charge in [0.2, 0.25) is 0 Å². The van der Waals surface area contributed by atoms with Crippen LogP contribution in [0.15, 0.2) is 45.1 Å². The second kappa shape index (κ2) is 5.71. The van der Waals surface area contributed by atoms with Gasteiger partial charge in [0.05, 0.1) is 0 Å². The number of thiophene rings is 1. The molecule has 2 aromatic rings. The van der Waals surface area contributed by atoms with Gasteiger partial charge in [-0.2, -0.15) is 0 Å². The first kappa shape index (κ1) is 12.7. The van der Waals surface area contributed by atoms with Crippen LogP contribution in [0.3, 0.4) is 0 Å². The van der Waals surface area contributed by atoms with Crippen molar-refractivity contribution in [3.63, 3.8) is 0 Å². The topological polar surface area (TPSA) is 26.3 Å². The average molecular weight is 329 g/mol. The van der Waals surface area contributed by atoms with E-state index in [1.165, 1.54) is 11.3 Å². The van der Waals surface area contributed by atoms with Gasteiger partial charge in [-0.25, -0.2) is 4.79 Å². The van der Waals surface area contributed by atoms with E-state index in [4.69, 9.17) is 4.74 Å². The van der Waals surface area contributed by atoms with Gasteiger partial charge < -0.3 is 4.74 Å². The number of hydrogen-bond acceptors (Lipinski definition) is 4. The largest absolute Gasteiger partial charge is 0.457 e. The van der Waals surface area contributed by atoms with E-state index in [2.05, 4.69) is 28.6 Å². The molecule has 0 unspecified atom stereocenters. The highest BCUT2D eigenvalue weighted by Gasteiger charge is 2.10. The van der Waals surface area contributed by atoms with Crippen molar-refractivity contribution in [2.45, 2.75) is 11.5 Å². The van der Waals surface area contributed by atoms with Crippen LogP contribution in [-0.4, -0.2) is 5.97 Å². The Labute approximate surface area is 117 Å². The van der Waals surface area contributed by atoms with Gasteiger partial charge in [0, 0.05) is 20.3 Å². The molecule has 2 nitrogen and oxygen atoms in total. The zero-order chi connectivity index (χ0) is 12.3. The maximum Gasteiger partial charge on any atom is 0.348 e. The van der Waals surface area contributed by atoms with Crippen molar-refractivity contribution in [3.05, 3.63) is 50.6 Å². The SMILES string of the molecule is O=C(OCc1ccccc1Br)c1cc(S)cs1. The van der Waals surface area contributed by atoms with Crippen LogP contribution in [0.2, 0.25) is 0 Å². The lowest BCUT2D eigenvalue weighted by molar-refractivity contribution is 0.0477. The van der Waals surface area contributed by atoms with Crippen molar-refractivity contribution < 1.29 is 9.53 Å². The summed E-state index contributed by atoms with van der Waals surface area (Å²) in [6.07, 6.45) is 0. The molecule has 0 bridgehead atoms. The van der Waals surface area contributed by atoms with Gasteiger partial charge in [-0.05, 0) is 12.1 Å². The van der Waals surface area contributed by atoms with E-state index < -0.39 is 0 Å². The standard InChI is InChI=1S/C12H9BrO2S2/c13-10-4-2-1-3-8(10)6-15-12(14)11-5-9(16)7-17-11/h1-5,7,16H,6H2. The predicted molar refractivity (Wildman–Crippen MR) is 74.8 cm³/mol. The number of hydrogen-bond donors (Lipinski definition) is 1. The van der Waals surface area contributed by atoms with Crippen molar-refractivity contribution in [1.29, 1.82) is 0 Å². The lowest BCUT2D eigenvalue weighted by Gasteiger charge is -2.05. The van der Waals surface area contributed by atoms with Crippen LogP contribution in [0.1, 0.15) is 15.2 Å². The summed E-state index contributed by atoms with van der Waals surface area (Å²) in [6.45, 7) is 0.264. The lowest BCUT2D eigenvalue weighted by atomic mass is 10.2. The summed E-state index contributed by atoms with van der Waals surface area (Å²) in [6, 6.07) is 9.36. The molecule has 0 aliphatic heterocycles. The number of carbonyl (C=O) groups excluding carboxylic acids is 1. The smallest absolute Gasteiger partial charge is 0.348 e. The Hall–Kier alpha value is -0.780. The molecule has 0 N–H and O–H groups in total. The normalized spacial score (nSPS) is 10.2. The third kappa shape index (κ3) is 3.34. The number of rotatable bonds is 3. The minimum absolute atomic E-state index is 0.264. The summed E-state index contributed by atoms with van der Waals surface area (Å²) in [7, 11) is 0. The highest BCUT2D eigenvalue weighted by atomic mass is 79.9. The zero-order valence-corrected chi connectivity index (χ0v) is 12.0. The summed E-state index contributed by atoms with van der Waals surface area (Å²) < 4.78 is 6.15. The maximum absolute atomic E-state index is 11.7. The Morgan fingerprint density at radius 2 is 2.18 bits per heavy atom. The average Bonchev–Trinajstić information content (AvgIpc) is 2.74. The molecule has 0 aliphatic carbocycles. The van der Waals surface area contributed by atoms with E-state index >= 15 is 0 Å². The molecule has 1 heterocycles. The number of ether oxygens (including phenoxy) is 1. The summed E-state index contributed by atoms with van der Waals surface area (Å²) >= 11 is 8.89. The molecule has 2 rings (SSSR count). The molecular weight excluding hydrogens is 320 g/mol. The highest BCUT2D eigenvalue weighted by molar-refractivity contribution is 9.10. The molecular formula is C12H9BrO2S2. The molecule has 1 aromatic carbocycles. The quantitative estimate of drug-likeness (QED) is 0.676. The van der Waals surface area contributed by atoms with Crippen LogP contribution < -0.4 is 0 Å². The predicted octanol–water partition coefficient (Wildman–Crippen LogP) is 4.16. The maximum atomic E-state index is 11.7. The van der Waals surface area contributed by atoms with Crippen molar-refractivity contribution in [1.82, 2.24) is 0 Å². The number of benzene rings is 1. The van der Waals surface area contributed by atoms with Gasteiger partial charge in [0.1, 0.15) is 11.5 Å². The number of halogens is 1. The van der Waals surface area contributed by atoms with Crippen LogP contribution in [0, 0.1) is 0 Å². The molecule has 0 saturated carbocycles. The summed E-state index contributed by atoms with van der Waals surface area (Å²) in [5, 5.41) is 1.80. The Balaban J connectivity index is 1.99. The fourth-order valence-corrected chi connectivity index (χ4v) is 2.70. The molecule has 0 fully saturated rings. The fraction of sp³-hybridized carbons (Fsp3) is 0.0833. The van der Waals surface area contributed by atoms with E-state index in [1.54, 1.807) is 11.4 Å². The minimum atomic E-state index is -0.314. The molecule has 0 saturated heterocycles. The van der Waals surface area contributed by atoms with Crippen LogP contribution in [0.4, 0.5) is 0 Å². The first-order valence-electron chi connectivity index (χ1n) is 4.85. The molecule has 0 amide bonds. The Morgan fingerprint density at radius 1 is 1.41 bits per heavy atom. The molecule has 0 atom stereocenters. The Kier molecular flexibility index (Phi) is 4.25. The van der Waals surface area contributed by atoms with Crippen molar-refractivity contribution in [3.8, 4) is 0 Å². The van der Waals surface area contributed by atoms with E-state index in [9.17, 15) is 4.79 Å². The van der Waals surface area contributed by atoms with Gasteiger partial charge in [0.15, 0.2) is 0 Å². The van der Waals surface area contributed by atoms with Gasteiger partial charge in [-0.15, -0.1) is 24.0 Å². The first-order valence-corrected chi connectivity index (χ1v) is 6.97. The summed E-state index contributed by atoms with van der Waals surface area (Å²) in [5.74, 6) is -0.314. The van der Waals surface area contributed by atoms with Crippen molar-refractivity contribution in [2.24, 2.45) is 0 Å². The van der Waals surface area contributed by atoms with Gasteiger partial charge in [0.25, 0.3) is 0 Å². The Bertz CT molecular complexity index is 537. The molecule has 17 heavy (non-hydrogen) atoms. The second-order valence-corrected chi connectivity index (χ2v) is 5.62. The summed E-state index contributed by atoms with van der Waals surface area (Å²) in [4.78, 5) is 13.0. The van der Waals surface area contributed by atoms with Crippen LogP contribution in [0.5, 0.6) is 0 Å². The highest BCUT2D eigenvalue weighted by Crippen LogP contribution is 2.20. The number of thiol groups is 1. The van der Waals surface area contributed by atoms with Crippen LogP contribution in [-0.2, 0) is 11.3 Å². The van der Waals surface area contributed by atoms with E-state index in [-0.39, 0.29) is 12.6 Å². The number of esters is 1. The molecule has 88 valence electrons.